The summed E-state index contributed by atoms with van der Waals surface area (Å²) in [5, 5.41) is 8.49. The first-order valence-electron chi connectivity index (χ1n) is 5.52. The fourth-order valence-corrected chi connectivity index (χ4v) is 2.55. The number of rotatable bonds is 5. The van der Waals surface area contributed by atoms with E-state index in [0.29, 0.717) is 0 Å². The van der Waals surface area contributed by atoms with E-state index < -0.39 is 22.4 Å². The molecule has 0 atom stereocenters. The van der Waals surface area contributed by atoms with E-state index in [2.05, 4.69) is 4.72 Å². The summed E-state index contributed by atoms with van der Waals surface area (Å²) in [6, 6.07) is 5.95. The van der Waals surface area contributed by atoms with E-state index >= 15 is 0 Å². The van der Waals surface area contributed by atoms with Crippen molar-refractivity contribution >= 4 is 15.7 Å². The lowest BCUT2D eigenvalue weighted by Crippen LogP contribution is -2.13. The molecule has 0 fully saturated rings. The molecule has 0 aliphatic rings. The highest BCUT2D eigenvalue weighted by Crippen LogP contribution is 2.27. The number of furan rings is 1. The Bertz CT molecular complexity index is 710. The predicted octanol–water partition coefficient (Wildman–Crippen LogP) is 1.72. The molecule has 0 aliphatic carbocycles. The van der Waals surface area contributed by atoms with E-state index in [4.69, 9.17) is 14.3 Å². The Morgan fingerprint density at radius 2 is 2.10 bits per heavy atom. The highest BCUT2D eigenvalue weighted by molar-refractivity contribution is 7.92. The van der Waals surface area contributed by atoms with E-state index in [1.165, 1.54) is 25.3 Å². The number of ether oxygens (including phenoxy) is 1. The van der Waals surface area contributed by atoms with Crippen molar-refractivity contribution in [3.8, 4) is 5.75 Å². The number of anilines is 1. The van der Waals surface area contributed by atoms with Crippen LogP contribution in [0.1, 0.15) is 5.76 Å². The fourth-order valence-electron chi connectivity index (χ4n) is 1.53. The Kier molecular flexibility index (Phi) is 3.96. The van der Waals surface area contributed by atoms with Crippen LogP contribution in [-0.2, 0) is 16.6 Å². The van der Waals surface area contributed by atoms with Crippen LogP contribution in [0.4, 0.5) is 10.1 Å². The first-order valence-corrected chi connectivity index (χ1v) is 7.00. The average molecular weight is 301 g/mol. The summed E-state index contributed by atoms with van der Waals surface area (Å²) in [4.78, 5) is 0. The molecule has 1 aromatic heterocycles. The van der Waals surface area contributed by atoms with Crippen LogP contribution in [0.2, 0.25) is 0 Å². The molecule has 1 heterocycles. The van der Waals surface area contributed by atoms with Gasteiger partial charge < -0.3 is 14.3 Å². The second kappa shape index (κ2) is 5.51. The molecule has 0 amide bonds. The van der Waals surface area contributed by atoms with Gasteiger partial charge in [-0.25, -0.2) is 4.39 Å². The molecule has 108 valence electrons. The minimum absolute atomic E-state index is 0.0440. The second-order valence-corrected chi connectivity index (χ2v) is 5.44. The third-order valence-corrected chi connectivity index (χ3v) is 3.70. The number of sulfonamides is 1. The van der Waals surface area contributed by atoms with Gasteiger partial charge in [0.1, 0.15) is 23.9 Å². The summed E-state index contributed by atoms with van der Waals surface area (Å²) in [6.07, 6.45) is 0. The number of hydrogen-bond acceptors (Lipinski definition) is 5. The molecule has 0 unspecified atom stereocenters. The van der Waals surface area contributed by atoms with Gasteiger partial charge in [0.15, 0.2) is 0 Å². The Balaban J connectivity index is 2.33. The Hall–Kier alpha value is -2.06. The van der Waals surface area contributed by atoms with Gasteiger partial charge in [0.2, 0.25) is 5.09 Å². The molecular formula is C12H12FNO5S. The molecule has 1 aromatic carbocycles. The SMILES string of the molecule is COc1cc(F)ccc1NS(=O)(=O)c1ccc(CO)o1. The quantitative estimate of drug-likeness (QED) is 0.878. The zero-order valence-corrected chi connectivity index (χ0v) is 11.3. The highest BCUT2D eigenvalue weighted by atomic mass is 32.2. The maximum Gasteiger partial charge on any atom is 0.295 e. The van der Waals surface area contributed by atoms with Crippen LogP contribution in [0.15, 0.2) is 39.8 Å². The molecule has 0 spiro atoms. The van der Waals surface area contributed by atoms with Crippen molar-refractivity contribution in [2.75, 3.05) is 11.8 Å². The molecule has 0 saturated heterocycles. The molecule has 2 aromatic rings. The highest BCUT2D eigenvalue weighted by Gasteiger charge is 2.20. The van der Waals surface area contributed by atoms with E-state index in [-0.39, 0.29) is 22.3 Å². The Morgan fingerprint density at radius 3 is 2.70 bits per heavy atom. The van der Waals surface area contributed by atoms with Crippen molar-refractivity contribution in [1.29, 1.82) is 0 Å². The Morgan fingerprint density at radius 1 is 1.35 bits per heavy atom. The molecule has 0 bridgehead atoms. The standard InChI is InChI=1S/C12H12FNO5S/c1-18-11-6-8(13)2-4-10(11)14-20(16,17)12-5-3-9(7-15)19-12/h2-6,14-15H,7H2,1H3. The molecule has 6 nitrogen and oxygen atoms in total. The fraction of sp³-hybridized carbons (Fsp3) is 0.167. The maximum atomic E-state index is 13.0. The number of nitrogens with one attached hydrogen (secondary N) is 1. The summed E-state index contributed by atoms with van der Waals surface area (Å²) in [7, 11) is -2.68. The van der Waals surface area contributed by atoms with Crippen LogP contribution < -0.4 is 9.46 Å². The van der Waals surface area contributed by atoms with Gasteiger partial charge in [-0.05, 0) is 24.3 Å². The average Bonchev–Trinajstić information content (AvgIpc) is 2.90. The molecule has 2 N–H and O–H groups in total. The molecular weight excluding hydrogens is 289 g/mol. The van der Waals surface area contributed by atoms with Gasteiger partial charge in [-0.2, -0.15) is 8.42 Å². The molecule has 20 heavy (non-hydrogen) atoms. The van der Waals surface area contributed by atoms with Gasteiger partial charge in [0.05, 0.1) is 12.8 Å². The second-order valence-electron chi connectivity index (χ2n) is 3.83. The lowest BCUT2D eigenvalue weighted by Gasteiger charge is -2.10. The molecule has 0 saturated carbocycles. The van der Waals surface area contributed by atoms with E-state index in [9.17, 15) is 12.8 Å². The van der Waals surface area contributed by atoms with Crippen LogP contribution in [0.3, 0.4) is 0 Å². The van der Waals surface area contributed by atoms with Crippen LogP contribution >= 0.6 is 0 Å². The maximum absolute atomic E-state index is 13.0. The van der Waals surface area contributed by atoms with Gasteiger partial charge in [0, 0.05) is 6.07 Å². The Labute approximate surface area is 114 Å². The predicted molar refractivity (Wildman–Crippen MR) is 68.4 cm³/mol. The van der Waals surface area contributed by atoms with Crippen molar-refractivity contribution < 1.29 is 27.1 Å². The van der Waals surface area contributed by atoms with Gasteiger partial charge >= 0.3 is 0 Å². The molecule has 0 radical (unpaired) electrons. The number of benzene rings is 1. The van der Waals surface area contributed by atoms with Crippen molar-refractivity contribution in [2.45, 2.75) is 11.7 Å². The lowest BCUT2D eigenvalue weighted by molar-refractivity contribution is 0.236. The van der Waals surface area contributed by atoms with E-state index in [0.717, 1.165) is 12.1 Å². The van der Waals surface area contributed by atoms with Crippen molar-refractivity contribution in [3.63, 3.8) is 0 Å². The first kappa shape index (κ1) is 14.4. The normalized spacial score (nSPS) is 11.3. The number of halogens is 1. The number of aliphatic hydroxyl groups is 1. The summed E-state index contributed by atoms with van der Waals surface area (Å²) < 4.78 is 49.2. The lowest BCUT2D eigenvalue weighted by atomic mass is 10.3. The van der Waals surface area contributed by atoms with Gasteiger partial charge in [-0.1, -0.05) is 0 Å². The summed E-state index contributed by atoms with van der Waals surface area (Å²) in [5.74, 6) is -0.385. The van der Waals surface area contributed by atoms with Crippen LogP contribution in [0, 0.1) is 5.82 Å². The third-order valence-electron chi connectivity index (χ3n) is 2.47. The molecule has 0 aliphatic heterocycles. The van der Waals surface area contributed by atoms with Crippen molar-refractivity contribution in [1.82, 2.24) is 0 Å². The van der Waals surface area contributed by atoms with E-state index in [1.807, 2.05) is 0 Å². The minimum atomic E-state index is -3.98. The van der Waals surface area contributed by atoms with Crippen molar-refractivity contribution in [2.24, 2.45) is 0 Å². The minimum Gasteiger partial charge on any atom is -0.494 e. The van der Waals surface area contributed by atoms with Crippen LogP contribution in [0.25, 0.3) is 0 Å². The monoisotopic (exact) mass is 301 g/mol. The summed E-state index contributed by atoms with van der Waals surface area (Å²) >= 11 is 0. The third kappa shape index (κ3) is 2.91. The number of hydrogen-bond donors (Lipinski definition) is 2. The van der Waals surface area contributed by atoms with E-state index in [1.54, 1.807) is 0 Å². The van der Waals surface area contributed by atoms with Gasteiger partial charge in [-0.15, -0.1) is 0 Å². The number of aliphatic hydroxyl groups excluding tert-OH is 1. The zero-order chi connectivity index (χ0) is 14.8. The first-order chi connectivity index (χ1) is 9.46. The largest absolute Gasteiger partial charge is 0.494 e. The zero-order valence-electron chi connectivity index (χ0n) is 10.5. The summed E-state index contributed by atoms with van der Waals surface area (Å²) in [5.41, 5.74) is 0.0795. The van der Waals surface area contributed by atoms with Gasteiger partial charge in [0.25, 0.3) is 10.0 Å². The van der Waals surface area contributed by atoms with Crippen molar-refractivity contribution in [3.05, 3.63) is 41.9 Å². The summed E-state index contributed by atoms with van der Waals surface area (Å²) in [6.45, 7) is -0.407. The molecule has 2 rings (SSSR count). The van der Waals surface area contributed by atoms with Gasteiger partial charge in [-0.3, -0.25) is 4.72 Å². The molecule has 8 heteroatoms. The smallest absolute Gasteiger partial charge is 0.295 e. The van der Waals surface area contributed by atoms with Crippen LogP contribution in [0.5, 0.6) is 5.75 Å². The topological polar surface area (TPSA) is 88.8 Å². The number of methoxy groups -OCH3 is 1. The van der Waals surface area contributed by atoms with Crippen LogP contribution in [-0.4, -0.2) is 20.6 Å².